The zero-order chi connectivity index (χ0) is 20.0. The third-order valence-corrected chi connectivity index (χ3v) is 5.37. The molecule has 0 fully saturated rings. The number of hydrogen-bond acceptors (Lipinski definition) is 8. The first kappa shape index (κ1) is 18.4. The highest BCUT2D eigenvalue weighted by atomic mass is 79.9. The minimum Gasteiger partial charge on any atom is -0.493 e. The zero-order valence-electron chi connectivity index (χ0n) is 15.0. The van der Waals surface area contributed by atoms with Crippen LogP contribution in [0.5, 0.6) is 11.5 Å². The lowest BCUT2D eigenvalue weighted by Gasteiger charge is -2.30. The lowest BCUT2D eigenvalue weighted by atomic mass is 9.84. The van der Waals surface area contributed by atoms with Crippen LogP contribution in [0.2, 0.25) is 0 Å². The summed E-state index contributed by atoms with van der Waals surface area (Å²) in [6.45, 7) is 0. The van der Waals surface area contributed by atoms with E-state index in [1.165, 1.54) is 11.0 Å². The van der Waals surface area contributed by atoms with Gasteiger partial charge in [-0.15, -0.1) is 0 Å². The fraction of sp³-hybridized carbons (Fsp3) is 0.263. The van der Waals surface area contributed by atoms with Crippen LogP contribution in [0.15, 0.2) is 51.9 Å². The van der Waals surface area contributed by atoms with Crippen molar-refractivity contribution in [1.29, 1.82) is 5.26 Å². The average Bonchev–Trinajstić information content (AvgIpc) is 3.03. The predicted molar refractivity (Wildman–Crippen MR) is 101 cm³/mol. The van der Waals surface area contributed by atoms with Crippen molar-refractivity contribution in [3.05, 3.63) is 57.4 Å². The summed E-state index contributed by atoms with van der Waals surface area (Å²) in [7, 11) is 3.10. The molecule has 3 atom stereocenters. The van der Waals surface area contributed by atoms with E-state index in [2.05, 4.69) is 22.1 Å². The van der Waals surface area contributed by atoms with E-state index in [-0.39, 0.29) is 5.92 Å². The molecule has 0 spiro atoms. The Kier molecular flexibility index (Phi) is 4.53. The number of ether oxygens (including phenoxy) is 4. The number of allylic oxidation sites excluding steroid dienone is 1. The molecule has 144 valence electrons. The molecule has 0 saturated carbocycles. The number of carbonyl (C=O) groups excluding carboxylic acids is 1. The third kappa shape index (κ3) is 2.73. The van der Waals surface area contributed by atoms with Gasteiger partial charge in [0.05, 0.1) is 24.4 Å². The maximum atomic E-state index is 11.7. The molecule has 0 amide bonds. The Hall–Kier alpha value is -2.96. The molecule has 28 heavy (non-hydrogen) atoms. The first-order valence-electron chi connectivity index (χ1n) is 8.35. The summed E-state index contributed by atoms with van der Waals surface area (Å²) in [6, 6.07) is 3.71. The molecule has 9 heteroatoms. The van der Waals surface area contributed by atoms with Crippen molar-refractivity contribution in [3.8, 4) is 17.7 Å². The standard InChI is InChI=1S/C19H16BrN3O5/c1-25-13-7-10(6-12(20)17(13)26-2)11-5-9-3-4-14(24)27-16(9)18-15(11)23(8-21)19(22)28-18/h3-7,11,16,19H,22H2,1-2H3. The zero-order valence-corrected chi connectivity index (χ0v) is 16.6. The quantitative estimate of drug-likeness (QED) is 0.557. The van der Waals surface area contributed by atoms with Crippen molar-refractivity contribution in [3.63, 3.8) is 0 Å². The SMILES string of the molecule is COc1cc(C2C=C3C=CC(=O)OC3C3=C2N(C#N)C(N)O3)cc(Br)c1OC. The van der Waals surface area contributed by atoms with Gasteiger partial charge in [-0.25, -0.2) is 9.69 Å². The summed E-state index contributed by atoms with van der Waals surface area (Å²) in [5.74, 6) is 0.609. The predicted octanol–water partition coefficient (Wildman–Crippen LogP) is 2.24. The van der Waals surface area contributed by atoms with Gasteiger partial charge in [0.15, 0.2) is 29.6 Å². The molecule has 0 saturated heterocycles. The number of benzene rings is 1. The van der Waals surface area contributed by atoms with Crippen LogP contribution in [0.3, 0.4) is 0 Å². The molecule has 0 aromatic heterocycles. The van der Waals surface area contributed by atoms with Crippen molar-refractivity contribution in [2.45, 2.75) is 18.4 Å². The molecule has 1 aliphatic carbocycles. The number of nitrogens with zero attached hydrogens (tertiary/aromatic N) is 2. The minimum absolute atomic E-state index is 0.361. The molecule has 8 nitrogen and oxygen atoms in total. The maximum Gasteiger partial charge on any atom is 0.331 e. The van der Waals surface area contributed by atoms with Crippen LogP contribution in [0, 0.1) is 11.5 Å². The molecule has 2 aliphatic heterocycles. The summed E-state index contributed by atoms with van der Waals surface area (Å²) < 4.78 is 22.6. The van der Waals surface area contributed by atoms with Gasteiger partial charge in [-0.05, 0) is 45.3 Å². The van der Waals surface area contributed by atoms with Gasteiger partial charge in [0.2, 0.25) is 6.35 Å². The Morgan fingerprint density at radius 2 is 2.04 bits per heavy atom. The molecule has 3 unspecified atom stereocenters. The summed E-state index contributed by atoms with van der Waals surface area (Å²) in [6.07, 6.45) is 5.31. The van der Waals surface area contributed by atoms with Crippen molar-refractivity contribution < 1.29 is 23.7 Å². The van der Waals surface area contributed by atoms with Crippen molar-refractivity contribution in [1.82, 2.24) is 4.90 Å². The number of esters is 1. The van der Waals surface area contributed by atoms with Crippen LogP contribution in [0.4, 0.5) is 0 Å². The van der Waals surface area contributed by atoms with Gasteiger partial charge < -0.3 is 18.9 Å². The number of halogens is 1. The number of nitrogens with two attached hydrogens (primary N) is 1. The Bertz CT molecular complexity index is 994. The number of carbonyl (C=O) groups is 1. The molecular weight excluding hydrogens is 430 g/mol. The smallest absolute Gasteiger partial charge is 0.331 e. The van der Waals surface area contributed by atoms with Gasteiger partial charge in [0.1, 0.15) is 0 Å². The Morgan fingerprint density at radius 3 is 2.71 bits per heavy atom. The summed E-state index contributed by atoms with van der Waals surface area (Å²) in [5, 5.41) is 9.61. The molecule has 0 bridgehead atoms. The summed E-state index contributed by atoms with van der Waals surface area (Å²) in [5.41, 5.74) is 8.09. The van der Waals surface area contributed by atoms with E-state index >= 15 is 0 Å². The second-order valence-corrected chi connectivity index (χ2v) is 7.12. The number of methoxy groups -OCH3 is 2. The molecular formula is C19H16BrN3O5. The monoisotopic (exact) mass is 445 g/mol. The maximum absolute atomic E-state index is 11.7. The second kappa shape index (κ2) is 6.89. The van der Waals surface area contributed by atoms with E-state index in [1.54, 1.807) is 20.3 Å². The highest BCUT2D eigenvalue weighted by molar-refractivity contribution is 9.10. The Morgan fingerprint density at radius 1 is 1.25 bits per heavy atom. The van der Waals surface area contributed by atoms with Crippen LogP contribution in [-0.4, -0.2) is 37.5 Å². The van der Waals surface area contributed by atoms with Crippen LogP contribution < -0.4 is 15.2 Å². The molecule has 1 aromatic rings. The fourth-order valence-electron chi connectivity index (χ4n) is 3.57. The van der Waals surface area contributed by atoms with Gasteiger partial charge in [-0.2, -0.15) is 5.26 Å². The lowest BCUT2D eigenvalue weighted by molar-refractivity contribution is -0.142. The molecule has 2 heterocycles. The normalized spacial score (nSPS) is 25.2. The number of fused-ring (bicyclic) bond motifs is 2. The highest BCUT2D eigenvalue weighted by Gasteiger charge is 2.45. The van der Waals surface area contributed by atoms with Gasteiger partial charge in [0.25, 0.3) is 0 Å². The van der Waals surface area contributed by atoms with Crippen molar-refractivity contribution >= 4 is 21.9 Å². The number of nitriles is 1. The van der Waals surface area contributed by atoms with Gasteiger partial charge in [-0.3, -0.25) is 5.73 Å². The van der Waals surface area contributed by atoms with E-state index in [0.29, 0.717) is 27.4 Å². The molecule has 3 aliphatic rings. The largest absolute Gasteiger partial charge is 0.493 e. The fourth-order valence-corrected chi connectivity index (χ4v) is 4.20. The first-order valence-corrected chi connectivity index (χ1v) is 9.14. The van der Waals surface area contributed by atoms with E-state index in [1.807, 2.05) is 18.2 Å². The van der Waals surface area contributed by atoms with Crippen molar-refractivity contribution in [2.24, 2.45) is 5.73 Å². The van der Waals surface area contributed by atoms with Crippen molar-refractivity contribution in [2.75, 3.05) is 14.2 Å². The minimum atomic E-state index is -0.988. The van der Waals surface area contributed by atoms with Crippen LogP contribution in [-0.2, 0) is 14.3 Å². The molecule has 0 radical (unpaired) electrons. The molecule has 1 aromatic carbocycles. The summed E-state index contributed by atoms with van der Waals surface area (Å²) >= 11 is 3.50. The lowest BCUT2D eigenvalue weighted by Crippen LogP contribution is -2.35. The summed E-state index contributed by atoms with van der Waals surface area (Å²) in [4.78, 5) is 13.0. The first-order chi connectivity index (χ1) is 13.5. The number of hydrogen-bond donors (Lipinski definition) is 1. The van der Waals surface area contributed by atoms with Gasteiger partial charge in [-0.1, -0.05) is 6.08 Å². The number of rotatable bonds is 3. The second-order valence-electron chi connectivity index (χ2n) is 6.26. The van der Waals surface area contributed by atoms with Gasteiger partial charge >= 0.3 is 5.97 Å². The van der Waals surface area contributed by atoms with Gasteiger partial charge in [0, 0.05) is 12.0 Å². The highest BCUT2D eigenvalue weighted by Crippen LogP contribution is 2.47. The van der Waals surface area contributed by atoms with E-state index in [0.717, 1.165) is 11.1 Å². The van der Waals surface area contributed by atoms with Crippen LogP contribution >= 0.6 is 15.9 Å². The Labute approximate surface area is 169 Å². The van der Waals surface area contributed by atoms with E-state index in [4.69, 9.17) is 24.7 Å². The van der Waals surface area contributed by atoms with Crippen LogP contribution in [0.1, 0.15) is 11.5 Å². The van der Waals surface area contributed by atoms with Crippen LogP contribution in [0.25, 0.3) is 0 Å². The molecule has 2 N–H and O–H groups in total. The van der Waals surface area contributed by atoms with E-state index < -0.39 is 18.4 Å². The Balaban J connectivity index is 1.89. The average molecular weight is 446 g/mol. The van der Waals surface area contributed by atoms with E-state index in [9.17, 15) is 10.1 Å². The topological polar surface area (TPSA) is 107 Å². The molecule has 4 rings (SSSR count). The third-order valence-electron chi connectivity index (χ3n) is 4.78.